The van der Waals surface area contributed by atoms with Crippen molar-refractivity contribution in [1.29, 1.82) is 0 Å². The normalized spacial score (nSPS) is 10.9. The standard InChI is InChI=1S/C6H13.Hf.O/c1-4-6(3)5-2;;/h4-5H2,1-3H3;;. The third-order valence-electron chi connectivity index (χ3n) is 1.81. The van der Waals surface area contributed by atoms with Gasteiger partial charge in [-0.15, -0.1) is 0 Å². The molecule has 0 amide bonds. The van der Waals surface area contributed by atoms with Crippen LogP contribution in [0.3, 0.4) is 0 Å². The second kappa shape index (κ2) is 3.65. The SMILES string of the molecule is CC[C](C)(CC)[Hf]=[O]. The number of rotatable bonds is 3. The van der Waals surface area contributed by atoms with Gasteiger partial charge in [-0.3, -0.25) is 0 Å². The van der Waals surface area contributed by atoms with Crippen LogP contribution in [0.5, 0.6) is 0 Å². The summed E-state index contributed by atoms with van der Waals surface area (Å²) in [5.41, 5.74) is 0. The van der Waals surface area contributed by atoms with Crippen LogP contribution in [0, 0.1) is 0 Å². The van der Waals surface area contributed by atoms with Crippen LogP contribution in [0.4, 0.5) is 0 Å². The van der Waals surface area contributed by atoms with Crippen LogP contribution in [-0.4, -0.2) is 0 Å². The molecule has 0 aromatic carbocycles. The molecule has 2 heteroatoms. The van der Waals surface area contributed by atoms with E-state index >= 15 is 0 Å². The molecule has 0 bridgehead atoms. The van der Waals surface area contributed by atoms with Crippen molar-refractivity contribution < 1.29 is 25.8 Å². The molecule has 47 valence electrons. The molecule has 0 N–H and O–H groups in total. The van der Waals surface area contributed by atoms with Crippen LogP contribution in [-0.2, 0) is 25.8 Å². The summed E-state index contributed by atoms with van der Waals surface area (Å²) in [7, 11) is 0. The third-order valence-corrected chi connectivity index (χ3v) is 6.12. The van der Waals surface area contributed by atoms with Gasteiger partial charge >= 0.3 is 62.5 Å². The first-order valence-corrected chi connectivity index (χ1v) is 6.34. The summed E-state index contributed by atoms with van der Waals surface area (Å²) in [6.07, 6.45) is 2.19. The Bertz CT molecular complexity index is 76.6. The molecule has 0 aromatic rings. The minimum absolute atomic E-state index is 0.264. The van der Waals surface area contributed by atoms with Crippen LogP contribution in [0.15, 0.2) is 0 Å². The number of hydrogen-bond donors (Lipinski definition) is 0. The van der Waals surface area contributed by atoms with Gasteiger partial charge in [0.25, 0.3) is 0 Å². The average molecular weight is 280 g/mol. The summed E-state index contributed by atoms with van der Waals surface area (Å²) in [4.78, 5) is 0. The Hall–Kier alpha value is 0.670. The fourth-order valence-corrected chi connectivity index (χ4v) is 1.43. The molecule has 0 heterocycles. The van der Waals surface area contributed by atoms with E-state index in [4.69, 9.17) is 0 Å². The van der Waals surface area contributed by atoms with E-state index in [2.05, 4.69) is 20.8 Å². The topological polar surface area (TPSA) is 17.1 Å². The summed E-state index contributed by atoms with van der Waals surface area (Å²) >= 11 is -1.45. The van der Waals surface area contributed by atoms with Crippen molar-refractivity contribution in [3.63, 3.8) is 0 Å². The molecular weight excluding hydrogens is 267 g/mol. The molecule has 0 aliphatic heterocycles. The van der Waals surface area contributed by atoms with Crippen molar-refractivity contribution in [2.75, 3.05) is 0 Å². The van der Waals surface area contributed by atoms with Gasteiger partial charge in [0.05, 0.1) is 0 Å². The molecule has 0 unspecified atom stereocenters. The van der Waals surface area contributed by atoms with Crippen molar-refractivity contribution in [2.45, 2.75) is 36.8 Å². The van der Waals surface area contributed by atoms with E-state index in [1.807, 2.05) is 0 Å². The molecule has 0 fully saturated rings. The van der Waals surface area contributed by atoms with Gasteiger partial charge in [-0.2, -0.15) is 0 Å². The van der Waals surface area contributed by atoms with Crippen LogP contribution in [0.25, 0.3) is 0 Å². The van der Waals surface area contributed by atoms with E-state index in [1.165, 1.54) is 0 Å². The zero-order valence-corrected chi connectivity index (χ0v) is 9.42. The molecule has 0 spiro atoms. The van der Waals surface area contributed by atoms with Gasteiger partial charge in [-0.25, -0.2) is 0 Å². The fourth-order valence-electron chi connectivity index (χ4n) is 0.394. The van der Waals surface area contributed by atoms with Gasteiger partial charge in [-0.1, -0.05) is 0 Å². The molecule has 0 aliphatic carbocycles. The Morgan fingerprint density at radius 2 is 1.75 bits per heavy atom. The summed E-state index contributed by atoms with van der Waals surface area (Å²) in [6, 6.07) is 0. The van der Waals surface area contributed by atoms with E-state index in [-0.39, 0.29) is 3.17 Å². The quantitative estimate of drug-likeness (QED) is 0.725. The molecule has 0 radical (unpaired) electrons. The van der Waals surface area contributed by atoms with Crippen molar-refractivity contribution >= 4 is 0 Å². The minimum atomic E-state index is -1.45. The monoisotopic (exact) mass is 281 g/mol. The number of hydrogen-bond acceptors (Lipinski definition) is 1. The van der Waals surface area contributed by atoms with Gasteiger partial charge in [0, 0.05) is 0 Å². The van der Waals surface area contributed by atoms with E-state index in [0.717, 1.165) is 12.8 Å². The summed E-state index contributed by atoms with van der Waals surface area (Å²) < 4.78 is 10.9. The first-order valence-electron chi connectivity index (χ1n) is 3.08. The summed E-state index contributed by atoms with van der Waals surface area (Å²) in [5, 5.41) is 0. The third kappa shape index (κ3) is 2.29. The average Bonchev–Trinajstić information content (AvgIpc) is 1.87. The summed E-state index contributed by atoms with van der Waals surface area (Å²) in [6.45, 7) is 6.37. The molecule has 0 rings (SSSR count). The predicted molar refractivity (Wildman–Crippen MR) is 29.6 cm³/mol. The van der Waals surface area contributed by atoms with E-state index in [0.29, 0.717) is 0 Å². The first kappa shape index (κ1) is 8.67. The van der Waals surface area contributed by atoms with E-state index < -0.39 is 22.9 Å². The molecular formula is C6H13HfO. The first-order chi connectivity index (χ1) is 3.68. The maximum atomic E-state index is 10.6. The molecule has 1 nitrogen and oxygen atoms in total. The molecule has 0 aromatic heterocycles. The van der Waals surface area contributed by atoms with Crippen LogP contribution < -0.4 is 0 Å². The molecule has 0 saturated carbocycles. The predicted octanol–water partition coefficient (Wildman–Crippen LogP) is 2.41. The van der Waals surface area contributed by atoms with Crippen LogP contribution >= 0.6 is 0 Å². The molecule has 0 saturated heterocycles. The van der Waals surface area contributed by atoms with Gasteiger partial charge in [0.2, 0.25) is 0 Å². The van der Waals surface area contributed by atoms with Crippen LogP contribution in [0.1, 0.15) is 33.6 Å². The van der Waals surface area contributed by atoms with Crippen LogP contribution in [0.2, 0.25) is 3.17 Å². The van der Waals surface area contributed by atoms with Gasteiger partial charge in [0.1, 0.15) is 0 Å². The zero-order chi connectivity index (χ0) is 6.62. The fraction of sp³-hybridized carbons (Fsp3) is 1.00. The summed E-state index contributed by atoms with van der Waals surface area (Å²) in [5.74, 6) is 0. The van der Waals surface area contributed by atoms with E-state index in [1.54, 1.807) is 0 Å². The van der Waals surface area contributed by atoms with Crippen molar-refractivity contribution in [1.82, 2.24) is 0 Å². The second-order valence-electron chi connectivity index (χ2n) is 2.37. The zero-order valence-electron chi connectivity index (χ0n) is 5.82. The Morgan fingerprint density at radius 1 is 1.38 bits per heavy atom. The maximum absolute atomic E-state index is 10.6. The Labute approximate surface area is 62.6 Å². The van der Waals surface area contributed by atoms with Crippen molar-refractivity contribution in [2.24, 2.45) is 0 Å². The molecule has 0 aliphatic rings. The van der Waals surface area contributed by atoms with Gasteiger partial charge < -0.3 is 0 Å². The van der Waals surface area contributed by atoms with E-state index in [9.17, 15) is 2.85 Å². The Kier molecular flexibility index (Phi) is 3.95. The molecule has 8 heavy (non-hydrogen) atoms. The Balaban J connectivity index is 3.76. The Morgan fingerprint density at radius 3 is 1.75 bits per heavy atom. The van der Waals surface area contributed by atoms with Gasteiger partial charge in [0.15, 0.2) is 0 Å². The second-order valence-corrected chi connectivity index (χ2v) is 7.44. The van der Waals surface area contributed by atoms with Gasteiger partial charge in [-0.05, 0) is 0 Å². The molecule has 0 atom stereocenters. The van der Waals surface area contributed by atoms with Crippen molar-refractivity contribution in [3.05, 3.63) is 0 Å². The van der Waals surface area contributed by atoms with Crippen molar-refractivity contribution in [3.8, 4) is 0 Å².